The molecule has 7 nitrogen and oxygen atoms in total. The van der Waals surface area contributed by atoms with E-state index < -0.39 is 11.7 Å². The fourth-order valence-corrected chi connectivity index (χ4v) is 4.57. The zero-order valence-electron chi connectivity index (χ0n) is 20.9. The Morgan fingerprint density at radius 3 is 2.50 bits per heavy atom. The Balaban J connectivity index is 1.42. The number of rotatable bonds is 4. The molecule has 1 saturated heterocycles. The highest BCUT2D eigenvalue weighted by Crippen LogP contribution is 2.42. The van der Waals surface area contributed by atoms with Crippen LogP contribution in [0.15, 0.2) is 71.7 Å². The van der Waals surface area contributed by atoms with Crippen LogP contribution in [0.4, 0.5) is 18.9 Å². The van der Waals surface area contributed by atoms with E-state index in [-0.39, 0.29) is 30.0 Å². The molecular formula is C28H26F3N3O4. The van der Waals surface area contributed by atoms with E-state index in [1.165, 1.54) is 13.2 Å². The van der Waals surface area contributed by atoms with E-state index in [4.69, 9.17) is 14.2 Å². The summed E-state index contributed by atoms with van der Waals surface area (Å²) in [4.78, 5) is 21.3. The molecule has 0 N–H and O–H groups in total. The molecule has 2 aliphatic rings. The number of methoxy groups -OCH3 is 1. The Morgan fingerprint density at radius 1 is 1.03 bits per heavy atom. The van der Waals surface area contributed by atoms with Crippen molar-refractivity contribution in [3.8, 4) is 23.0 Å². The molecule has 3 aromatic rings. The van der Waals surface area contributed by atoms with Gasteiger partial charge in [-0.2, -0.15) is 13.2 Å². The Labute approximate surface area is 218 Å². The summed E-state index contributed by atoms with van der Waals surface area (Å²) >= 11 is 0. The van der Waals surface area contributed by atoms with Gasteiger partial charge < -0.3 is 24.0 Å². The first-order chi connectivity index (χ1) is 18.2. The van der Waals surface area contributed by atoms with Gasteiger partial charge in [0, 0.05) is 25.7 Å². The lowest BCUT2D eigenvalue weighted by molar-refractivity contribution is -0.138. The first kappa shape index (κ1) is 25.4. The first-order valence-electron chi connectivity index (χ1n) is 12.1. The van der Waals surface area contributed by atoms with Gasteiger partial charge in [-0.15, -0.1) is 0 Å². The van der Waals surface area contributed by atoms with Gasteiger partial charge in [-0.25, -0.2) is 4.99 Å². The number of hydrogen-bond donors (Lipinski definition) is 0. The number of amidine groups is 1. The van der Waals surface area contributed by atoms with Gasteiger partial charge in [-0.1, -0.05) is 18.2 Å². The van der Waals surface area contributed by atoms with E-state index in [0.717, 1.165) is 12.1 Å². The molecule has 38 heavy (non-hydrogen) atoms. The van der Waals surface area contributed by atoms with E-state index in [9.17, 15) is 18.0 Å². The normalized spacial score (nSPS) is 17.0. The quantitative estimate of drug-likeness (QED) is 0.450. The van der Waals surface area contributed by atoms with E-state index >= 15 is 0 Å². The maximum atomic E-state index is 13.5. The van der Waals surface area contributed by atoms with E-state index in [1.54, 1.807) is 35.2 Å². The molecule has 0 bridgehead atoms. The molecule has 0 aliphatic carbocycles. The zero-order chi connectivity index (χ0) is 26.9. The number of nitrogens with zero attached hydrogens (tertiary/aromatic N) is 3. The van der Waals surface area contributed by atoms with Crippen LogP contribution in [0.2, 0.25) is 0 Å². The van der Waals surface area contributed by atoms with E-state index in [2.05, 4.69) is 4.99 Å². The molecule has 10 heteroatoms. The fourth-order valence-electron chi connectivity index (χ4n) is 4.57. The highest BCUT2D eigenvalue weighted by Gasteiger charge is 2.34. The van der Waals surface area contributed by atoms with E-state index in [0.29, 0.717) is 48.3 Å². The van der Waals surface area contributed by atoms with Crippen LogP contribution in [0.5, 0.6) is 23.0 Å². The molecule has 3 aromatic carbocycles. The number of carbonyl (C=O) groups is 1. The maximum Gasteiger partial charge on any atom is 0.416 e. The average molecular weight is 526 g/mol. The van der Waals surface area contributed by atoms with Crippen LogP contribution in [-0.4, -0.2) is 60.9 Å². The van der Waals surface area contributed by atoms with Crippen molar-refractivity contribution < 1.29 is 32.2 Å². The monoisotopic (exact) mass is 525 g/mol. The minimum Gasteiger partial charge on any atom is -0.497 e. The third-order valence-corrected chi connectivity index (χ3v) is 6.51. The molecule has 1 fully saturated rings. The third-order valence-electron chi connectivity index (χ3n) is 6.51. The van der Waals surface area contributed by atoms with Gasteiger partial charge in [-0.3, -0.25) is 4.79 Å². The molecule has 1 amide bonds. The second-order valence-electron chi connectivity index (χ2n) is 9.06. The lowest BCUT2D eigenvalue weighted by atomic mass is 10.1. The molecule has 2 heterocycles. The number of alkyl halides is 3. The van der Waals surface area contributed by atoms with Crippen molar-refractivity contribution in [1.82, 2.24) is 9.80 Å². The number of amides is 1. The second-order valence-corrected chi connectivity index (χ2v) is 9.06. The number of fused-ring (bicyclic) bond motifs is 2. The van der Waals surface area contributed by atoms with Gasteiger partial charge in [0.2, 0.25) is 0 Å². The summed E-state index contributed by atoms with van der Waals surface area (Å²) in [6.07, 6.45) is -4.52. The van der Waals surface area contributed by atoms with Gasteiger partial charge in [0.15, 0.2) is 12.4 Å². The summed E-state index contributed by atoms with van der Waals surface area (Å²) < 4.78 is 57.4. The molecule has 1 atom stereocenters. The topological polar surface area (TPSA) is 63.6 Å². The van der Waals surface area contributed by atoms with Crippen LogP contribution < -0.4 is 14.2 Å². The molecular weight excluding hydrogens is 499 g/mol. The SMILES string of the molecule is COc1ccc2c(c1)C(N1CCN(C(=O)COc3ccccc3)C(C)C1)=Nc1cc(C(F)(F)F)ccc1O2. The Bertz CT molecular complexity index is 1360. The van der Waals surface area contributed by atoms with Crippen LogP contribution in [0, 0.1) is 0 Å². The number of ether oxygens (including phenoxy) is 3. The molecule has 1 unspecified atom stereocenters. The summed E-state index contributed by atoms with van der Waals surface area (Å²) in [5.41, 5.74) is -0.144. The Morgan fingerprint density at radius 2 is 1.79 bits per heavy atom. The van der Waals surface area contributed by atoms with Crippen LogP contribution in [-0.2, 0) is 11.0 Å². The van der Waals surface area contributed by atoms with Crippen molar-refractivity contribution in [2.75, 3.05) is 33.4 Å². The van der Waals surface area contributed by atoms with Gasteiger partial charge in [-0.05, 0) is 55.5 Å². The highest BCUT2D eigenvalue weighted by atomic mass is 19.4. The maximum absolute atomic E-state index is 13.5. The predicted octanol–water partition coefficient (Wildman–Crippen LogP) is 5.51. The zero-order valence-corrected chi connectivity index (χ0v) is 20.9. The van der Waals surface area contributed by atoms with Crippen LogP contribution in [0.3, 0.4) is 0 Å². The smallest absolute Gasteiger partial charge is 0.416 e. The Hall–Kier alpha value is -4.21. The fraction of sp³-hybridized carbons (Fsp3) is 0.286. The van der Waals surface area contributed by atoms with E-state index in [1.807, 2.05) is 30.0 Å². The predicted molar refractivity (Wildman–Crippen MR) is 135 cm³/mol. The molecule has 198 valence electrons. The Kier molecular flexibility index (Phi) is 6.88. The molecule has 0 aromatic heterocycles. The summed E-state index contributed by atoms with van der Waals surface area (Å²) in [7, 11) is 1.53. The van der Waals surface area contributed by atoms with Crippen molar-refractivity contribution in [3.05, 3.63) is 77.9 Å². The number of para-hydroxylation sites is 1. The molecule has 0 radical (unpaired) electrons. The second kappa shape index (κ2) is 10.3. The van der Waals surface area contributed by atoms with Crippen molar-refractivity contribution >= 4 is 17.4 Å². The summed E-state index contributed by atoms with van der Waals surface area (Å²) in [6, 6.07) is 17.3. The van der Waals surface area contributed by atoms with Gasteiger partial charge in [0.05, 0.1) is 18.2 Å². The third kappa shape index (κ3) is 5.25. The summed E-state index contributed by atoms with van der Waals surface area (Å²) in [5, 5.41) is 0. The van der Waals surface area contributed by atoms with Crippen LogP contribution >= 0.6 is 0 Å². The highest BCUT2D eigenvalue weighted by molar-refractivity contribution is 6.04. The molecule has 0 spiro atoms. The van der Waals surface area contributed by atoms with Gasteiger partial charge in [0.25, 0.3) is 5.91 Å². The minimum atomic E-state index is -4.52. The summed E-state index contributed by atoms with van der Waals surface area (Å²) in [6.45, 7) is 3.07. The number of benzene rings is 3. The number of carbonyl (C=O) groups excluding carboxylic acids is 1. The number of halogens is 3. The average Bonchev–Trinajstić information content (AvgIpc) is 3.07. The van der Waals surface area contributed by atoms with Gasteiger partial charge in [0.1, 0.15) is 28.8 Å². The first-order valence-corrected chi connectivity index (χ1v) is 12.1. The lowest BCUT2D eigenvalue weighted by Crippen LogP contribution is -2.56. The molecule has 0 saturated carbocycles. The standard InChI is InChI=1S/C28H26F3N3O4/c1-18-16-33(12-13-34(18)26(35)17-37-20-6-4-3-5-7-20)27-22-15-21(36-2)9-11-24(22)38-25-10-8-19(28(29,30)31)14-23(25)32-27/h3-11,14-15,18H,12-13,16-17H2,1-2H3. The summed E-state index contributed by atoms with van der Waals surface area (Å²) in [5.74, 6) is 2.15. The van der Waals surface area contributed by atoms with Crippen molar-refractivity contribution in [3.63, 3.8) is 0 Å². The molecule has 5 rings (SSSR count). The van der Waals surface area contributed by atoms with Crippen molar-refractivity contribution in [2.45, 2.75) is 19.1 Å². The van der Waals surface area contributed by atoms with Gasteiger partial charge >= 0.3 is 6.18 Å². The largest absolute Gasteiger partial charge is 0.497 e. The molecule has 2 aliphatic heterocycles. The number of piperazine rings is 1. The number of aliphatic imine (C=N–C) groups is 1. The lowest BCUT2D eigenvalue weighted by Gasteiger charge is -2.41. The van der Waals surface area contributed by atoms with Crippen LogP contribution in [0.1, 0.15) is 18.1 Å². The van der Waals surface area contributed by atoms with Crippen molar-refractivity contribution in [2.24, 2.45) is 4.99 Å². The van der Waals surface area contributed by atoms with Crippen LogP contribution in [0.25, 0.3) is 0 Å². The minimum absolute atomic E-state index is 0.0763. The van der Waals surface area contributed by atoms with Crippen molar-refractivity contribution in [1.29, 1.82) is 0 Å². The number of hydrogen-bond acceptors (Lipinski definition) is 6.